The molecule has 0 saturated carbocycles. The number of aryl methyl sites for hydroxylation is 1. The molecule has 2 fully saturated rings. The Morgan fingerprint density at radius 3 is 2.65 bits per heavy atom. The minimum Gasteiger partial charge on any atom is -0.342 e. The van der Waals surface area contributed by atoms with Gasteiger partial charge in [0.15, 0.2) is 0 Å². The van der Waals surface area contributed by atoms with Gasteiger partial charge in [0.2, 0.25) is 11.8 Å². The number of fused-ring (bicyclic) bond motifs is 1. The van der Waals surface area contributed by atoms with E-state index in [-0.39, 0.29) is 23.3 Å². The summed E-state index contributed by atoms with van der Waals surface area (Å²) in [5, 5.41) is 0. The first-order valence-electron chi connectivity index (χ1n) is 11.9. The number of amides is 2. The van der Waals surface area contributed by atoms with Crippen LogP contribution in [0.25, 0.3) is 0 Å². The third-order valence-electron chi connectivity index (χ3n) is 6.97. The third-order valence-corrected chi connectivity index (χ3v) is 6.97. The van der Waals surface area contributed by atoms with E-state index in [4.69, 9.17) is 4.98 Å². The Labute approximate surface area is 184 Å². The van der Waals surface area contributed by atoms with Crippen LogP contribution in [-0.4, -0.2) is 81.9 Å². The van der Waals surface area contributed by atoms with Gasteiger partial charge in [0.25, 0.3) is 5.56 Å². The maximum Gasteiger partial charge on any atom is 0.253 e. The number of likely N-dealkylation sites (tertiary alicyclic amines) is 1. The van der Waals surface area contributed by atoms with E-state index in [0.717, 1.165) is 89.2 Å². The minimum atomic E-state index is 0.0601. The van der Waals surface area contributed by atoms with Crippen molar-refractivity contribution in [3.63, 3.8) is 0 Å². The van der Waals surface area contributed by atoms with Crippen molar-refractivity contribution in [1.29, 1.82) is 0 Å². The van der Waals surface area contributed by atoms with Gasteiger partial charge in [0.1, 0.15) is 5.82 Å². The highest BCUT2D eigenvalue weighted by molar-refractivity contribution is 5.78. The Kier molecular flexibility index (Phi) is 7.05. The molecule has 31 heavy (non-hydrogen) atoms. The summed E-state index contributed by atoms with van der Waals surface area (Å²) < 4.78 is 1.84. The number of hydrogen-bond acceptors (Lipinski definition) is 5. The van der Waals surface area contributed by atoms with Crippen LogP contribution < -0.4 is 5.56 Å². The summed E-state index contributed by atoms with van der Waals surface area (Å²) in [5.74, 6) is 1.31. The van der Waals surface area contributed by atoms with E-state index < -0.39 is 0 Å². The zero-order chi connectivity index (χ0) is 21.8. The zero-order valence-electron chi connectivity index (χ0n) is 18.7. The molecule has 0 aromatic carbocycles. The number of hydrogen-bond donors (Lipinski definition) is 0. The van der Waals surface area contributed by atoms with Crippen LogP contribution >= 0.6 is 0 Å². The number of rotatable bonds is 3. The fourth-order valence-electron chi connectivity index (χ4n) is 5.12. The van der Waals surface area contributed by atoms with E-state index in [0.29, 0.717) is 19.6 Å². The average Bonchev–Trinajstić information content (AvgIpc) is 3.15. The van der Waals surface area contributed by atoms with Gasteiger partial charge in [-0.15, -0.1) is 0 Å². The number of carbonyl (C=O) groups excluding carboxylic acids is 2. The molecule has 0 spiro atoms. The summed E-state index contributed by atoms with van der Waals surface area (Å²) in [6.07, 6.45) is 6.95. The standard InChI is InChI=1S/C23H35N5O3/c1-18(29)26-11-6-9-25(13-14-26)17-23(31)27-10-5-7-19(16-27)20-15-22(30)28-12-4-2-3-8-21(28)24-20/h15,19H,2-14,16-17H2,1H3. The van der Waals surface area contributed by atoms with Crippen molar-refractivity contribution in [1.82, 2.24) is 24.3 Å². The normalized spacial score (nSPS) is 23.1. The van der Waals surface area contributed by atoms with Crippen molar-refractivity contribution >= 4 is 11.8 Å². The van der Waals surface area contributed by atoms with Gasteiger partial charge in [-0.25, -0.2) is 4.98 Å². The molecule has 3 aliphatic rings. The molecule has 0 radical (unpaired) electrons. The highest BCUT2D eigenvalue weighted by Crippen LogP contribution is 2.26. The van der Waals surface area contributed by atoms with E-state index in [9.17, 15) is 14.4 Å². The van der Waals surface area contributed by atoms with Crippen molar-refractivity contribution in [3.8, 4) is 0 Å². The Morgan fingerprint density at radius 2 is 1.81 bits per heavy atom. The van der Waals surface area contributed by atoms with E-state index in [1.54, 1.807) is 13.0 Å². The molecule has 4 rings (SSSR count). The molecule has 4 heterocycles. The van der Waals surface area contributed by atoms with Crippen LogP contribution in [0.5, 0.6) is 0 Å². The second-order valence-electron chi connectivity index (χ2n) is 9.21. The van der Waals surface area contributed by atoms with Gasteiger partial charge in [-0.3, -0.25) is 23.9 Å². The van der Waals surface area contributed by atoms with Crippen LogP contribution in [0.15, 0.2) is 10.9 Å². The molecule has 0 aliphatic carbocycles. The van der Waals surface area contributed by atoms with Crippen molar-refractivity contribution < 1.29 is 9.59 Å². The SMILES string of the molecule is CC(=O)N1CCCN(CC(=O)N2CCCC(c3cc(=O)n4c(n3)CCCCC4)C2)CC1. The van der Waals surface area contributed by atoms with E-state index >= 15 is 0 Å². The maximum absolute atomic E-state index is 13.0. The molecule has 1 aromatic rings. The molecule has 0 N–H and O–H groups in total. The number of nitrogens with zero attached hydrogens (tertiary/aromatic N) is 5. The van der Waals surface area contributed by atoms with E-state index in [2.05, 4.69) is 4.90 Å². The summed E-state index contributed by atoms with van der Waals surface area (Å²) >= 11 is 0. The molecule has 170 valence electrons. The van der Waals surface area contributed by atoms with Crippen LogP contribution in [-0.2, 0) is 22.6 Å². The van der Waals surface area contributed by atoms with Crippen molar-refractivity contribution in [2.45, 2.75) is 64.3 Å². The lowest BCUT2D eigenvalue weighted by Gasteiger charge is -2.34. The Balaban J connectivity index is 1.39. The Bertz CT molecular complexity index is 867. The van der Waals surface area contributed by atoms with Crippen LogP contribution in [0.4, 0.5) is 0 Å². The second-order valence-corrected chi connectivity index (χ2v) is 9.21. The molecule has 0 bridgehead atoms. The van der Waals surface area contributed by atoms with Crippen molar-refractivity contribution in [2.75, 3.05) is 45.8 Å². The lowest BCUT2D eigenvalue weighted by Crippen LogP contribution is -2.45. The quantitative estimate of drug-likeness (QED) is 0.722. The second kappa shape index (κ2) is 9.94. The largest absolute Gasteiger partial charge is 0.342 e. The van der Waals surface area contributed by atoms with Crippen LogP contribution in [0, 0.1) is 0 Å². The van der Waals surface area contributed by atoms with Crippen LogP contribution in [0.2, 0.25) is 0 Å². The fourth-order valence-corrected chi connectivity index (χ4v) is 5.12. The summed E-state index contributed by atoms with van der Waals surface area (Å²) in [6, 6.07) is 1.71. The average molecular weight is 430 g/mol. The Morgan fingerprint density at radius 1 is 0.968 bits per heavy atom. The first-order chi connectivity index (χ1) is 15.0. The Hall–Kier alpha value is -2.22. The predicted octanol–water partition coefficient (Wildman–Crippen LogP) is 1.23. The van der Waals surface area contributed by atoms with Gasteiger partial charge >= 0.3 is 0 Å². The highest BCUT2D eigenvalue weighted by atomic mass is 16.2. The monoisotopic (exact) mass is 429 g/mol. The summed E-state index contributed by atoms with van der Waals surface area (Å²) in [4.78, 5) is 48.2. The molecule has 2 saturated heterocycles. The van der Waals surface area contributed by atoms with E-state index in [1.807, 2.05) is 14.4 Å². The fraction of sp³-hybridized carbons (Fsp3) is 0.739. The maximum atomic E-state index is 13.0. The molecular formula is C23H35N5O3. The number of piperidine rings is 1. The number of carbonyl (C=O) groups is 2. The summed E-state index contributed by atoms with van der Waals surface area (Å²) in [6.45, 7) is 7.24. The van der Waals surface area contributed by atoms with Gasteiger partial charge in [-0.05, 0) is 32.1 Å². The lowest BCUT2D eigenvalue weighted by atomic mass is 9.94. The van der Waals surface area contributed by atoms with Gasteiger partial charge in [-0.2, -0.15) is 0 Å². The molecule has 3 aliphatic heterocycles. The molecule has 1 unspecified atom stereocenters. The van der Waals surface area contributed by atoms with Crippen LogP contribution in [0.3, 0.4) is 0 Å². The topological polar surface area (TPSA) is 78.8 Å². The smallest absolute Gasteiger partial charge is 0.253 e. The molecule has 1 atom stereocenters. The first kappa shape index (κ1) is 22.0. The highest BCUT2D eigenvalue weighted by Gasteiger charge is 2.28. The zero-order valence-corrected chi connectivity index (χ0v) is 18.7. The number of aromatic nitrogens is 2. The predicted molar refractivity (Wildman–Crippen MR) is 118 cm³/mol. The van der Waals surface area contributed by atoms with Gasteiger partial charge in [-0.1, -0.05) is 6.42 Å². The van der Waals surface area contributed by atoms with Gasteiger partial charge in [0, 0.05) is 71.1 Å². The third kappa shape index (κ3) is 5.34. The van der Waals surface area contributed by atoms with Gasteiger partial charge < -0.3 is 9.80 Å². The summed E-state index contributed by atoms with van der Waals surface area (Å²) in [5.41, 5.74) is 0.924. The first-order valence-corrected chi connectivity index (χ1v) is 11.9. The lowest BCUT2D eigenvalue weighted by molar-refractivity contribution is -0.133. The van der Waals surface area contributed by atoms with E-state index in [1.165, 1.54) is 0 Å². The van der Waals surface area contributed by atoms with Crippen LogP contribution in [0.1, 0.15) is 62.9 Å². The van der Waals surface area contributed by atoms with Gasteiger partial charge in [0.05, 0.1) is 12.2 Å². The van der Waals surface area contributed by atoms with Crippen molar-refractivity contribution in [2.24, 2.45) is 0 Å². The molecule has 1 aromatic heterocycles. The van der Waals surface area contributed by atoms with Crippen molar-refractivity contribution in [3.05, 3.63) is 27.9 Å². The summed E-state index contributed by atoms with van der Waals surface area (Å²) in [7, 11) is 0. The molecule has 8 heteroatoms. The molecule has 8 nitrogen and oxygen atoms in total. The minimum absolute atomic E-state index is 0.0601. The molecular weight excluding hydrogens is 394 g/mol. The molecule has 2 amide bonds.